The molecule has 0 bridgehead atoms. The molecule has 0 aromatic heterocycles. The van der Waals surface area contributed by atoms with Crippen molar-refractivity contribution in [2.45, 2.75) is 0 Å². The van der Waals surface area contributed by atoms with E-state index >= 15 is 0 Å². The highest BCUT2D eigenvalue weighted by Crippen LogP contribution is 2.26. The molecule has 0 aliphatic heterocycles. The van der Waals surface area contributed by atoms with Crippen LogP contribution in [0.15, 0.2) is 121 Å². The lowest BCUT2D eigenvalue weighted by molar-refractivity contribution is 0.0734. The van der Waals surface area contributed by atoms with Gasteiger partial charge in [-0.05, 0) is 89.0 Å². The van der Waals surface area contributed by atoms with E-state index in [-0.39, 0.29) is 22.6 Å². The second kappa shape index (κ2) is 10.7. The molecule has 0 aliphatic rings. The van der Waals surface area contributed by atoms with E-state index in [1.165, 1.54) is 6.07 Å². The van der Waals surface area contributed by atoms with Gasteiger partial charge in [-0.3, -0.25) is 0 Å². The van der Waals surface area contributed by atoms with E-state index in [1.54, 1.807) is 91.0 Å². The van der Waals surface area contributed by atoms with Gasteiger partial charge < -0.3 is 19.7 Å². The minimum Gasteiger partial charge on any atom is -0.508 e. The van der Waals surface area contributed by atoms with Crippen molar-refractivity contribution in [3.05, 3.63) is 132 Å². The van der Waals surface area contributed by atoms with Crippen LogP contribution in [0.4, 0.5) is 0 Å². The number of rotatable bonds is 6. The minimum atomic E-state index is -0.602. The molecular weight excluding hydrogens is 480 g/mol. The van der Waals surface area contributed by atoms with Crippen LogP contribution < -0.4 is 9.47 Å². The lowest BCUT2D eigenvalue weighted by Crippen LogP contribution is -2.12. The highest BCUT2D eigenvalue weighted by atomic mass is 16.5. The lowest BCUT2D eigenvalue weighted by atomic mass is 10.1. The molecule has 5 aromatic rings. The fourth-order valence-corrected chi connectivity index (χ4v) is 3.84. The SMILES string of the molecule is O=C(Oc1ccc(-c2ccc(O)cc2)cc1)c1cccc(C(=O)Oc2ccc(-c3ccc(O)cc3)cc2)c1. The zero-order valence-corrected chi connectivity index (χ0v) is 20.1. The van der Waals surface area contributed by atoms with Gasteiger partial charge in [0.2, 0.25) is 0 Å². The summed E-state index contributed by atoms with van der Waals surface area (Å²) in [5.41, 5.74) is 4.08. The van der Waals surface area contributed by atoms with E-state index in [1.807, 2.05) is 24.3 Å². The molecule has 0 amide bonds. The summed E-state index contributed by atoms with van der Waals surface area (Å²) in [7, 11) is 0. The molecule has 0 radical (unpaired) electrons. The molecule has 0 unspecified atom stereocenters. The topological polar surface area (TPSA) is 93.1 Å². The summed E-state index contributed by atoms with van der Waals surface area (Å²) >= 11 is 0. The smallest absolute Gasteiger partial charge is 0.343 e. The predicted molar refractivity (Wildman–Crippen MR) is 143 cm³/mol. The molecule has 5 rings (SSSR count). The standard InChI is InChI=1S/C32H22O6/c33-27-12-4-21(5-13-27)23-8-16-29(17-9-23)37-31(35)25-2-1-3-26(20-25)32(36)38-30-18-10-24(11-19-30)22-6-14-28(34)15-7-22/h1-20,33-34H. The summed E-state index contributed by atoms with van der Waals surface area (Å²) < 4.78 is 11.0. The summed E-state index contributed by atoms with van der Waals surface area (Å²) in [6, 6.07) is 33.7. The average molecular weight is 503 g/mol. The number of benzene rings is 5. The highest BCUT2D eigenvalue weighted by Gasteiger charge is 2.14. The third-order valence-corrected chi connectivity index (χ3v) is 5.86. The fraction of sp³-hybridized carbons (Fsp3) is 0. The van der Waals surface area contributed by atoms with Crippen LogP contribution in [0.2, 0.25) is 0 Å². The maximum Gasteiger partial charge on any atom is 0.343 e. The van der Waals surface area contributed by atoms with Crippen LogP contribution >= 0.6 is 0 Å². The molecule has 0 fully saturated rings. The maximum atomic E-state index is 12.7. The van der Waals surface area contributed by atoms with Crippen LogP contribution in [-0.4, -0.2) is 22.2 Å². The number of phenolic OH excluding ortho intramolecular Hbond substituents is 2. The first-order valence-corrected chi connectivity index (χ1v) is 11.8. The van der Waals surface area contributed by atoms with Gasteiger partial charge in [0.05, 0.1) is 11.1 Å². The molecular formula is C32H22O6. The Labute approximate surface area is 219 Å². The molecule has 0 spiro atoms. The van der Waals surface area contributed by atoms with E-state index in [2.05, 4.69) is 0 Å². The Morgan fingerprint density at radius 3 is 1.11 bits per heavy atom. The summed E-state index contributed by atoms with van der Waals surface area (Å²) in [4.78, 5) is 25.4. The number of aromatic hydroxyl groups is 2. The van der Waals surface area contributed by atoms with E-state index < -0.39 is 11.9 Å². The van der Waals surface area contributed by atoms with Gasteiger partial charge in [-0.2, -0.15) is 0 Å². The molecule has 0 saturated heterocycles. The number of hydrogen-bond donors (Lipinski definition) is 2. The first-order valence-electron chi connectivity index (χ1n) is 11.8. The average Bonchev–Trinajstić information content (AvgIpc) is 2.95. The quantitative estimate of drug-likeness (QED) is 0.194. The van der Waals surface area contributed by atoms with Gasteiger partial charge in [-0.1, -0.05) is 54.6 Å². The summed E-state index contributed by atoms with van der Waals surface area (Å²) in [6.07, 6.45) is 0. The van der Waals surface area contributed by atoms with Crippen molar-refractivity contribution in [3.8, 4) is 45.3 Å². The number of hydrogen-bond acceptors (Lipinski definition) is 6. The normalized spacial score (nSPS) is 10.5. The van der Waals surface area contributed by atoms with Gasteiger partial charge in [-0.25, -0.2) is 9.59 Å². The van der Waals surface area contributed by atoms with Gasteiger partial charge in [0.15, 0.2) is 0 Å². The Kier molecular flexibility index (Phi) is 6.87. The number of ether oxygens (including phenoxy) is 2. The van der Waals surface area contributed by atoms with Crippen molar-refractivity contribution >= 4 is 11.9 Å². The van der Waals surface area contributed by atoms with Crippen LogP contribution in [0.3, 0.4) is 0 Å². The van der Waals surface area contributed by atoms with Crippen LogP contribution in [0, 0.1) is 0 Å². The third kappa shape index (κ3) is 5.71. The first kappa shape index (κ1) is 24.3. The molecule has 0 atom stereocenters. The second-order valence-corrected chi connectivity index (χ2v) is 8.50. The van der Waals surface area contributed by atoms with E-state index in [0.29, 0.717) is 11.5 Å². The molecule has 0 aliphatic carbocycles. The maximum absolute atomic E-state index is 12.7. The van der Waals surface area contributed by atoms with Crippen LogP contribution in [-0.2, 0) is 0 Å². The summed E-state index contributed by atoms with van der Waals surface area (Å²) in [6.45, 7) is 0. The number of esters is 2. The van der Waals surface area contributed by atoms with Crippen molar-refractivity contribution in [2.24, 2.45) is 0 Å². The molecule has 0 saturated carbocycles. The molecule has 0 heterocycles. The fourth-order valence-electron chi connectivity index (χ4n) is 3.84. The zero-order valence-electron chi connectivity index (χ0n) is 20.1. The number of carbonyl (C=O) groups is 2. The Morgan fingerprint density at radius 1 is 0.447 bits per heavy atom. The van der Waals surface area contributed by atoms with Crippen LogP contribution in [0.5, 0.6) is 23.0 Å². The van der Waals surface area contributed by atoms with Crippen molar-refractivity contribution < 1.29 is 29.3 Å². The predicted octanol–water partition coefficient (Wildman–Crippen LogP) is 6.87. The molecule has 186 valence electrons. The summed E-state index contributed by atoms with van der Waals surface area (Å²) in [5, 5.41) is 18.9. The molecule has 38 heavy (non-hydrogen) atoms. The third-order valence-electron chi connectivity index (χ3n) is 5.86. The van der Waals surface area contributed by atoms with Crippen molar-refractivity contribution in [3.63, 3.8) is 0 Å². The van der Waals surface area contributed by atoms with Gasteiger partial charge in [0.1, 0.15) is 23.0 Å². The summed E-state index contributed by atoms with van der Waals surface area (Å²) in [5.74, 6) is -0.105. The van der Waals surface area contributed by atoms with Gasteiger partial charge in [-0.15, -0.1) is 0 Å². The number of carbonyl (C=O) groups excluding carboxylic acids is 2. The number of phenols is 2. The second-order valence-electron chi connectivity index (χ2n) is 8.50. The van der Waals surface area contributed by atoms with E-state index in [9.17, 15) is 19.8 Å². The van der Waals surface area contributed by atoms with Crippen LogP contribution in [0.25, 0.3) is 22.3 Å². The molecule has 2 N–H and O–H groups in total. The molecule has 5 aromatic carbocycles. The minimum absolute atomic E-state index is 0.189. The zero-order chi connectivity index (χ0) is 26.5. The van der Waals surface area contributed by atoms with Crippen molar-refractivity contribution in [1.82, 2.24) is 0 Å². The Balaban J connectivity index is 1.23. The molecule has 6 heteroatoms. The monoisotopic (exact) mass is 502 g/mol. The first-order chi connectivity index (χ1) is 18.4. The van der Waals surface area contributed by atoms with Crippen LogP contribution in [0.1, 0.15) is 20.7 Å². The Bertz CT molecular complexity index is 1450. The van der Waals surface area contributed by atoms with Gasteiger partial charge in [0.25, 0.3) is 0 Å². The lowest BCUT2D eigenvalue weighted by Gasteiger charge is -2.08. The van der Waals surface area contributed by atoms with E-state index in [0.717, 1.165) is 22.3 Å². The largest absolute Gasteiger partial charge is 0.508 e. The van der Waals surface area contributed by atoms with Crippen molar-refractivity contribution in [2.75, 3.05) is 0 Å². The molecule has 6 nitrogen and oxygen atoms in total. The van der Waals surface area contributed by atoms with E-state index in [4.69, 9.17) is 9.47 Å². The highest BCUT2D eigenvalue weighted by molar-refractivity contribution is 5.96. The van der Waals surface area contributed by atoms with Gasteiger partial charge >= 0.3 is 11.9 Å². The Morgan fingerprint density at radius 2 is 0.763 bits per heavy atom. The Hall–Kier alpha value is -5.36. The van der Waals surface area contributed by atoms with Crippen molar-refractivity contribution in [1.29, 1.82) is 0 Å². The van der Waals surface area contributed by atoms with Gasteiger partial charge in [0, 0.05) is 0 Å².